The first-order valence-corrected chi connectivity index (χ1v) is 9.50. The fourth-order valence-electron chi connectivity index (χ4n) is 4.14. The number of alkyl carbamates (subject to hydrolysis) is 1. The Labute approximate surface area is 164 Å². The van der Waals surface area contributed by atoms with Crippen LogP contribution in [0.3, 0.4) is 0 Å². The molecule has 2 heterocycles. The van der Waals surface area contributed by atoms with E-state index < -0.39 is 16.6 Å². The fourth-order valence-corrected chi connectivity index (χ4v) is 4.14. The molecule has 156 valence electrons. The average molecular weight is 395 g/mol. The van der Waals surface area contributed by atoms with Gasteiger partial charge in [0.05, 0.1) is 17.1 Å². The second-order valence-corrected chi connectivity index (χ2v) is 8.72. The van der Waals surface area contributed by atoms with Gasteiger partial charge >= 0.3 is 11.8 Å². The maximum Gasteiger partial charge on any atom is 0.407 e. The van der Waals surface area contributed by atoms with Crippen LogP contribution in [0.1, 0.15) is 40.0 Å². The van der Waals surface area contributed by atoms with Gasteiger partial charge in [0.1, 0.15) is 11.8 Å². The lowest BCUT2D eigenvalue weighted by molar-refractivity contribution is -0.384. The van der Waals surface area contributed by atoms with Crippen molar-refractivity contribution in [2.45, 2.75) is 57.8 Å². The van der Waals surface area contributed by atoms with Gasteiger partial charge in [-0.15, -0.1) is 0 Å². The van der Waals surface area contributed by atoms with Crippen molar-refractivity contribution >= 4 is 17.6 Å². The Balaban J connectivity index is 1.84. The lowest BCUT2D eigenvalue weighted by Crippen LogP contribution is -2.49. The van der Waals surface area contributed by atoms with Gasteiger partial charge < -0.3 is 19.7 Å². The summed E-state index contributed by atoms with van der Waals surface area (Å²) in [4.78, 5) is 25.4. The second kappa shape index (κ2) is 7.23. The molecule has 1 aliphatic carbocycles. The highest BCUT2D eigenvalue weighted by molar-refractivity contribution is 5.68. The zero-order valence-corrected chi connectivity index (χ0v) is 17.1. The van der Waals surface area contributed by atoms with E-state index in [4.69, 9.17) is 9.47 Å². The molecule has 1 N–H and O–H groups in total. The van der Waals surface area contributed by atoms with Crippen molar-refractivity contribution in [2.75, 3.05) is 25.1 Å². The molecule has 1 saturated heterocycles. The van der Waals surface area contributed by atoms with Crippen molar-refractivity contribution < 1.29 is 19.2 Å². The molecule has 1 saturated carbocycles. The Morgan fingerprint density at radius 2 is 2.11 bits per heavy atom. The van der Waals surface area contributed by atoms with Gasteiger partial charge in [-0.3, -0.25) is 10.1 Å². The molecule has 2 aliphatic rings. The number of methoxy groups -OCH3 is 1. The van der Waals surface area contributed by atoms with Gasteiger partial charge in [-0.05, 0) is 40.0 Å². The molecule has 1 aromatic heterocycles. The predicted octanol–water partition coefficient (Wildman–Crippen LogP) is 2.23. The zero-order chi connectivity index (χ0) is 20.7. The quantitative estimate of drug-likeness (QED) is 0.614. The minimum atomic E-state index is -0.587. The minimum absolute atomic E-state index is 0.00850. The van der Waals surface area contributed by atoms with E-state index in [2.05, 4.69) is 10.4 Å². The summed E-state index contributed by atoms with van der Waals surface area (Å²) < 4.78 is 12.8. The van der Waals surface area contributed by atoms with Gasteiger partial charge in [0, 0.05) is 32.7 Å². The number of nitrogens with one attached hydrogen (secondary N) is 1. The standard InChI is InChI=1S/C18H29N5O5/c1-17(2,3)28-16(24)20-12-6-9-22(11-18(7-8-18)14(12)27-5)15-13(23(25)26)10-19-21(15)4/h10,12,14H,6-9,11H2,1-5H3,(H,20,24). The van der Waals surface area contributed by atoms with Crippen LogP contribution < -0.4 is 10.2 Å². The number of carbonyl (C=O) groups excluding carboxylic acids is 1. The van der Waals surface area contributed by atoms with E-state index in [0.717, 1.165) is 12.8 Å². The van der Waals surface area contributed by atoms with Crippen LogP contribution in [0, 0.1) is 15.5 Å². The summed E-state index contributed by atoms with van der Waals surface area (Å²) in [5.41, 5.74) is -0.746. The molecular weight excluding hydrogens is 366 g/mol. The lowest BCUT2D eigenvalue weighted by Gasteiger charge is -2.32. The highest BCUT2D eigenvalue weighted by atomic mass is 16.6. The van der Waals surface area contributed by atoms with Crippen LogP contribution in [0.5, 0.6) is 0 Å². The van der Waals surface area contributed by atoms with Gasteiger partial charge in [-0.2, -0.15) is 5.10 Å². The second-order valence-electron chi connectivity index (χ2n) is 8.72. The highest BCUT2D eigenvalue weighted by Crippen LogP contribution is 2.53. The maximum absolute atomic E-state index is 12.3. The van der Waals surface area contributed by atoms with Crippen LogP contribution in [0.25, 0.3) is 0 Å². The van der Waals surface area contributed by atoms with E-state index in [0.29, 0.717) is 25.3 Å². The molecule has 10 nitrogen and oxygen atoms in total. The van der Waals surface area contributed by atoms with Gasteiger partial charge in [0.25, 0.3) is 0 Å². The summed E-state index contributed by atoms with van der Waals surface area (Å²) in [6.07, 6.45) is 3.10. The normalized spacial score (nSPS) is 24.0. The SMILES string of the molecule is COC1C(NC(=O)OC(C)(C)C)CCN(c2c([N+](=O)[O-])cnn2C)CC12CC2. The molecule has 28 heavy (non-hydrogen) atoms. The van der Waals surface area contributed by atoms with Gasteiger partial charge in [0.15, 0.2) is 0 Å². The fraction of sp³-hybridized carbons (Fsp3) is 0.778. The first-order valence-electron chi connectivity index (χ1n) is 9.50. The van der Waals surface area contributed by atoms with Crippen LogP contribution in [-0.4, -0.2) is 58.7 Å². The monoisotopic (exact) mass is 395 g/mol. The number of nitrogens with zero attached hydrogens (tertiary/aromatic N) is 4. The number of amides is 1. The number of ether oxygens (including phenoxy) is 2. The largest absolute Gasteiger partial charge is 0.444 e. The number of aromatic nitrogens is 2. The highest BCUT2D eigenvalue weighted by Gasteiger charge is 2.56. The number of rotatable bonds is 4. The average Bonchev–Trinajstić information content (AvgIpc) is 3.26. The molecule has 0 aromatic carbocycles. The maximum atomic E-state index is 12.3. The summed E-state index contributed by atoms with van der Waals surface area (Å²) in [5, 5.41) is 18.5. The van der Waals surface area contributed by atoms with E-state index in [1.807, 2.05) is 25.7 Å². The van der Waals surface area contributed by atoms with E-state index in [9.17, 15) is 14.9 Å². The van der Waals surface area contributed by atoms with E-state index >= 15 is 0 Å². The molecule has 2 fully saturated rings. The van der Waals surface area contributed by atoms with Crippen LogP contribution >= 0.6 is 0 Å². The molecule has 0 bridgehead atoms. The van der Waals surface area contributed by atoms with E-state index in [-0.39, 0.29) is 23.2 Å². The molecule has 3 rings (SSSR count). The van der Waals surface area contributed by atoms with Crippen molar-refractivity contribution in [3.05, 3.63) is 16.3 Å². The summed E-state index contributed by atoms with van der Waals surface area (Å²) in [5.74, 6) is 0.490. The Morgan fingerprint density at radius 3 is 2.64 bits per heavy atom. The third-order valence-corrected chi connectivity index (χ3v) is 5.42. The van der Waals surface area contributed by atoms with Crippen molar-refractivity contribution in [1.82, 2.24) is 15.1 Å². The van der Waals surface area contributed by atoms with Gasteiger partial charge in [-0.1, -0.05) is 0 Å². The van der Waals surface area contributed by atoms with Crippen LogP contribution in [0.15, 0.2) is 6.20 Å². The first kappa shape index (κ1) is 20.4. The number of hydrogen-bond donors (Lipinski definition) is 1. The molecule has 0 radical (unpaired) electrons. The molecule has 2 atom stereocenters. The molecule has 1 amide bonds. The predicted molar refractivity (Wildman–Crippen MR) is 102 cm³/mol. The summed E-state index contributed by atoms with van der Waals surface area (Å²) >= 11 is 0. The molecule has 2 unspecified atom stereocenters. The Morgan fingerprint density at radius 1 is 1.43 bits per heavy atom. The summed E-state index contributed by atoms with van der Waals surface area (Å²) in [7, 11) is 3.35. The molecule has 1 aromatic rings. The zero-order valence-electron chi connectivity index (χ0n) is 17.1. The van der Waals surface area contributed by atoms with Gasteiger partial charge in [-0.25, -0.2) is 9.48 Å². The minimum Gasteiger partial charge on any atom is -0.444 e. The number of anilines is 1. The number of aryl methyl sites for hydroxylation is 1. The van der Waals surface area contributed by atoms with E-state index in [1.54, 1.807) is 14.2 Å². The third-order valence-electron chi connectivity index (χ3n) is 5.42. The number of carbonyl (C=O) groups is 1. The topological polar surface area (TPSA) is 112 Å². The molecule has 10 heteroatoms. The van der Waals surface area contributed by atoms with Crippen molar-refractivity contribution in [2.24, 2.45) is 12.5 Å². The van der Waals surface area contributed by atoms with Crippen LogP contribution in [0.2, 0.25) is 0 Å². The number of nitro groups is 1. The Bertz CT molecular complexity index is 752. The first-order chi connectivity index (χ1) is 13.1. The molecular formula is C18H29N5O5. The van der Waals surface area contributed by atoms with Crippen molar-refractivity contribution in [1.29, 1.82) is 0 Å². The molecule has 1 aliphatic heterocycles. The van der Waals surface area contributed by atoms with Crippen LogP contribution in [0.4, 0.5) is 16.3 Å². The Hall–Kier alpha value is -2.36. The van der Waals surface area contributed by atoms with E-state index in [1.165, 1.54) is 10.9 Å². The molecule has 1 spiro atoms. The number of hydrogen-bond acceptors (Lipinski definition) is 7. The third kappa shape index (κ3) is 4.06. The summed E-state index contributed by atoms with van der Waals surface area (Å²) in [6, 6.07) is -0.236. The van der Waals surface area contributed by atoms with Crippen LogP contribution in [-0.2, 0) is 16.5 Å². The smallest absolute Gasteiger partial charge is 0.407 e. The van der Waals surface area contributed by atoms with Crippen molar-refractivity contribution in [3.8, 4) is 0 Å². The summed E-state index contributed by atoms with van der Waals surface area (Å²) in [6.45, 7) is 6.62. The lowest BCUT2D eigenvalue weighted by atomic mass is 9.92. The van der Waals surface area contributed by atoms with Crippen molar-refractivity contribution in [3.63, 3.8) is 0 Å². The van der Waals surface area contributed by atoms with Gasteiger partial charge in [0.2, 0.25) is 5.82 Å². The Kier molecular flexibility index (Phi) is 5.26.